The van der Waals surface area contributed by atoms with Gasteiger partial charge in [-0.2, -0.15) is 8.78 Å². The van der Waals surface area contributed by atoms with E-state index in [1.807, 2.05) is 0 Å². The summed E-state index contributed by atoms with van der Waals surface area (Å²) in [5, 5.41) is 0. The number of benzene rings is 2. The van der Waals surface area contributed by atoms with E-state index in [4.69, 9.17) is 0 Å². The first-order valence-corrected chi connectivity index (χ1v) is 5.60. The molecule has 2 aromatic rings. The summed E-state index contributed by atoms with van der Waals surface area (Å²) < 4.78 is 70.4. The van der Waals surface area contributed by atoms with Gasteiger partial charge in [-0.25, -0.2) is 13.2 Å². The Hall–Kier alpha value is -2.44. The van der Waals surface area contributed by atoms with Crippen molar-refractivity contribution in [3.05, 3.63) is 65.0 Å². The number of hydrogen-bond donors (Lipinski definition) is 0. The minimum atomic E-state index is -3.90. The molecule has 0 saturated heterocycles. The maximum absolute atomic E-state index is 13.8. The fourth-order valence-electron chi connectivity index (χ4n) is 1.55. The fraction of sp³-hybridized carbons (Fsp3) is 0.0714. The van der Waals surface area contributed by atoms with E-state index < -0.39 is 34.9 Å². The van der Waals surface area contributed by atoms with E-state index in [-0.39, 0.29) is 5.56 Å². The van der Waals surface area contributed by atoms with E-state index in [0.29, 0.717) is 18.4 Å². The van der Waals surface area contributed by atoms with Crippen LogP contribution in [0.2, 0.25) is 0 Å². The molecule has 0 atom stereocenters. The highest BCUT2D eigenvalue weighted by atomic mass is 19.3. The Morgan fingerprint density at radius 1 is 0.952 bits per heavy atom. The van der Waals surface area contributed by atoms with E-state index >= 15 is 0 Å². The van der Waals surface area contributed by atoms with Crippen LogP contribution >= 0.6 is 0 Å². The fourth-order valence-corrected chi connectivity index (χ4v) is 1.55. The molecule has 0 N–H and O–H groups in total. The Kier molecular flexibility index (Phi) is 3.93. The number of aldehydes is 1. The molecule has 0 radical (unpaired) electrons. The average Bonchev–Trinajstić information content (AvgIpc) is 2.44. The first-order chi connectivity index (χ1) is 9.83. The van der Waals surface area contributed by atoms with Crippen LogP contribution in [0.1, 0.15) is 15.9 Å². The van der Waals surface area contributed by atoms with Crippen molar-refractivity contribution in [3.8, 4) is 5.75 Å². The summed E-state index contributed by atoms with van der Waals surface area (Å²) in [7, 11) is 0. The van der Waals surface area contributed by atoms with Crippen LogP contribution in [0.25, 0.3) is 0 Å². The SMILES string of the molecule is O=Cc1ccc(C(F)(F)Oc2cc(F)c(F)c(F)c2)cc1. The second kappa shape index (κ2) is 5.51. The van der Waals surface area contributed by atoms with Crippen LogP contribution in [0, 0.1) is 17.5 Å². The highest BCUT2D eigenvalue weighted by molar-refractivity contribution is 5.74. The average molecular weight is 302 g/mol. The van der Waals surface area contributed by atoms with Crippen molar-refractivity contribution < 1.29 is 31.5 Å². The summed E-state index contributed by atoms with van der Waals surface area (Å²) in [6, 6.07) is 4.75. The smallest absolute Gasteiger partial charge is 0.426 e. The van der Waals surface area contributed by atoms with E-state index in [1.165, 1.54) is 0 Å². The predicted octanol–water partition coefficient (Wildman–Crippen LogP) is 4.04. The Labute approximate surface area is 115 Å². The summed E-state index contributed by atoms with van der Waals surface area (Å²) in [6.45, 7) is 0. The number of alkyl halides is 2. The van der Waals surface area contributed by atoms with Gasteiger partial charge in [-0.3, -0.25) is 4.79 Å². The molecule has 0 aliphatic rings. The number of carbonyl (C=O) groups excluding carboxylic acids is 1. The lowest BCUT2D eigenvalue weighted by atomic mass is 10.1. The first kappa shape index (κ1) is 15.0. The highest BCUT2D eigenvalue weighted by Gasteiger charge is 2.35. The van der Waals surface area contributed by atoms with Crippen molar-refractivity contribution in [1.82, 2.24) is 0 Å². The zero-order valence-electron chi connectivity index (χ0n) is 10.2. The maximum atomic E-state index is 13.8. The number of halogens is 5. The Morgan fingerprint density at radius 2 is 1.48 bits per heavy atom. The van der Waals surface area contributed by atoms with E-state index in [9.17, 15) is 26.7 Å². The molecule has 7 heteroatoms. The maximum Gasteiger partial charge on any atom is 0.426 e. The molecule has 0 aromatic heterocycles. The standard InChI is InChI=1S/C14H7F5O2/c15-11-5-10(6-12(16)13(11)17)21-14(18,19)9-3-1-8(7-20)2-4-9/h1-7H. The monoisotopic (exact) mass is 302 g/mol. The van der Waals surface area contributed by atoms with Crippen LogP contribution in [0.3, 0.4) is 0 Å². The van der Waals surface area contributed by atoms with Crippen molar-refractivity contribution in [2.75, 3.05) is 0 Å². The lowest BCUT2D eigenvalue weighted by molar-refractivity contribution is -0.185. The molecular formula is C14H7F5O2. The summed E-state index contributed by atoms with van der Waals surface area (Å²) in [5.74, 6) is -5.92. The molecular weight excluding hydrogens is 295 g/mol. The van der Waals surface area contributed by atoms with E-state index in [2.05, 4.69) is 4.74 Å². The van der Waals surface area contributed by atoms with Gasteiger partial charge in [-0.05, 0) is 12.1 Å². The van der Waals surface area contributed by atoms with E-state index in [0.717, 1.165) is 24.3 Å². The van der Waals surface area contributed by atoms with Crippen LogP contribution in [0.5, 0.6) is 5.75 Å². The first-order valence-electron chi connectivity index (χ1n) is 5.60. The predicted molar refractivity (Wildman–Crippen MR) is 62.7 cm³/mol. The molecule has 0 aliphatic heterocycles. The molecule has 0 unspecified atom stereocenters. The van der Waals surface area contributed by atoms with Crippen LogP contribution in [0.4, 0.5) is 22.0 Å². The van der Waals surface area contributed by atoms with Gasteiger partial charge in [0.25, 0.3) is 0 Å². The minimum absolute atomic E-state index is 0.174. The van der Waals surface area contributed by atoms with Crippen LogP contribution in [0.15, 0.2) is 36.4 Å². The Bertz CT molecular complexity index is 645. The summed E-state index contributed by atoms with van der Waals surface area (Å²) in [4.78, 5) is 10.4. The third-order valence-electron chi connectivity index (χ3n) is 2.59. The highest BCUT2D eigenvalue weighted by Crippen LogP contribution is 2.32. The molecule has 0 bridgehead atoms. The molecule has 0 fully saturated rings. The van der Waals surface area contributed by atoms with Crippen molar-refractivity contribution in [3.63, 3.8) is 0 Å². The second-order valence-electron chi connectivity index (χ2n) is 4.06. The molecule has 0 spiro atoms. The van der Waals surface area contributed by atoms with Gasteiger partial charge in [-0.15, -0.1) is 0 Å². The molecule has 110 valence electrons. The van der Waals surface area contributed by atoms with Gasteiger partial charge >= 0.3 is 6.11 Å². The van der Waals surface area contributed by atoms with Gasteiger partial charge in [0.05, 0.1) is 5.56 Å². The van der Waals surface area contributed by atoms with Gasteiger partial charge in [0, 0.05) is 17.7 Å². The quantitative estimate of drug-likeness (QED) is 0.484. The van der Waals surface area contributed by atoms with Gasteiger partial charge in [0.15, 0.2) is 17.5 Å². The summed E-state index contributed by atoms with van der Waals surface area (Å²) in [6.07, 6.45) is -3.44. The summed E-state index contributed by atoms with van der Waals surface area (Å²) >= 11 is 0. The van der Waals surface area contributed by atoms with Crippen molar-refractivity contribution in [2.24, 2.45) is 0 Å². The number of carbonyl (C=O) groups is 1. The topological polar surface area (TPSA) is 26.3 Å². The zero-order chi connectivity index (χ0) is 15.6. The molecule has 2 rings (SSSR count). The van der Waals surface area contributed by atoms with Crippen molar-refractivity contribution in [1.29, 1.82) is 0 Å². The molecule has 0 heterocycles. The molecule has 2 nitrogen and oxygen atoms in total. The number of ether oxygens (including phenoxy) is 1. The van der Waals surface area contributed by atoms with E-state index in [1.54, 1.807) is 0 Å². The number of hydrogen-bond acceptors (Lipinski definition) is 2. The van der Waals surface area contributed by atoms with Gasteiger partial charge in [0.1, 0.15) is 12.0 Å². The van der Waals surface area contributed by atoms with Crippen molar-refractivity contribution in [2.45, 2.75) is 6.11 Å². The third kappa shape index (κ3) is 3.18. The van der Waals surface area contributed by atoms with Crippen LogP contribution in [-0.2, 0) is 6.11 Å². The van der Waals surface area contributed by atoms with Gasteiger partial charge < -0.3 is 4.74 Å². The normalized spacial score (nSPS) is 11.3. The Balaban J connectivity index is 2.29. The van der Waals surface area contributed by atoms with Crippen LogP contribution < -0.4 is 4.74 Å². The second-order valence-corrected chi connectivity index (χ2v) is 4.06. The largest absolute Gasteiger partial charge is 0.429 e. The molecule has 0 aliphatic carbocycles. The molecule has 0 amide bonds. The zero-order valence-corrected chi connectivity index (χ0v) is 10.2. The molecule has 2 aromatic carbocycles. The van der Waals surface area contributed by atoms with Crippen LogP contribution in [-0.4, -0.2) is 6.29 Å². The van der Waals surface area contributed by atoms with Gasteiger partial charge in [-0.1, -0.05) is 12.1 Å². The third-order valence-corrected chi connectivity index (χ3v) is 2.59. The number of rotatable bonds is 4. The lowest BCUT2D eigenvalue weighted by Gasteiger charge is -2.18. The van der Waals surface area contributed by atoms with Crippen molar-refractivity contribution >= 4 is 6.29 Å². The molecule has 21 heavy (non-hydrogen) atoms. The van der Waals surface area contributed by atoms with Gasteiger partial charge in [0.2, 0.25) is 0 Å². The molecule has 0 saturated carbocycles. The minimum Gasteiger partial charge on any atom is -0.429 e. The Morgan fingerprint density at radius 3 is 1.95 bits per heavy atom. The lowest BCUT2D eigenvalue weighted by Crippen LogP contribution is -2.22. The summed E-state index contributed by atoms with van der Waals surface area (Å²) in [5.41, 5.74) is -0.452.